The smallest absolute Gasteiger partial charge is 0.416 e. The lowest BCUT2D eigenvalue weighted by molar-refractivity contribution is -0.139. The summed E-state index contributed by atoms with van der Waals surface area (Å²) in [6.45, 7) is 4.73. The maximum absolute atomic E-state index is 13.9. The molecule has 13 heteroatoms. The van der Waals surface area contributed by atoms with E-state index in [1.807, 2.05) is 13.8 Å². The number of hydrogen-bond acceptors (Lipinski definition) is 6. The maximum Gasteiger partial charge on any atom is 0.416 e. The molecule has 8 nitrogen and oxygen atoms in total. The maximum atomic E-state index is 13.9. The van der Waals surface area contributed by atoms with Crippen molar-refractivity contribution in [3.05, 3.63) is 57.7 Å². The number of halogens is 5. The van der Waals surface area contributed by atoms with E-state index in [0.717, 1.165) is 6.07 Å². The summed E-state index contributed by atoms with van der Waals surface area (Å²) in [4.78, 5) is 15.4. The summed E-state index contributed by atoms with van der Waals surface area (Å²) >= 11 is 12.6. The third kappa shape index (κ3) is 5.68. The summed E-state index contributed by atoms with van der Waals surface area (Å²) in [6, 6.07) is 6.05. The highest BCUT2D eigenvalue weighted by atomic mass is 35.5. The van der Waals surface area contributed by atoms with Crippen LogP contribution in [0, 0.1) is 0 Å². The number of carboxylic acid groups (broad SMARTS) is 1. The fourth-order valence-corrected chi connectivity index (χ4v) is 4.09. The molecule has 0 aliphatic carbocycles. The number of ether oxygens (including phenoxy) is 1. The standard InChI is InChI=1S/C24H21Cl2F3N4O4/c1-11(2)36-20-5-4-13(7-17(20)25)21-31-23(32-37-21)33-10-18(26)15-6-14(9-30-12(3)22(34)35)16(8-19(15)33)24(27,28)29/h4-8,10-12,30H,9H2,1-3H3,(H,34,35). The summed E-state index contributed by atoms with van der Waals surface area (Å²) in [5.74, 6) is -0.657. The molecule has 2 heterocycles. The van der Waals surface area contributed by atoms with Gasteiger partial charge in [-0.2, -0.15) is 18.2 Å². The molecule has 0 fully saturated rings. The molecule has 2 aromatic carbocycles. The Hall–Kier alpha value is -3.28. The van der Waals surface area contributed by atoms with Crippen molar-refractivity contribution in [2.45, 2.75) is 45.6 Å². The average Bonchev–Trinajstić information content (AvgIpc) is 3.42. The number of nitrogens with one attached hydrogen (secondary N) is 1. The van der Waals surface area contributed by atoms with Gasteiger partial charge in [-0.3, -0.25) is 9.36 Å². The Kier molecular flexibility index (Phi) is 7.40. The molecule has 4 aromatic rings. The Morgan fingerprint density at radius 3 is 2.54 bits per heavy atom. The number of fused-ring (bicyclic) bond motifs is 1. The van der Waals surface area contributed by atoms with Gasteiger partial charge in [0.05, 0.1) is 27.2 Å². The minimum atomic E-state index is -4.71. The van der Waals surface area contributed by atoms with Crippen molar-refractivity contribution in [1.29, 1.82) is 0 Å². The molecule has 0 aliphatic rings. The first-order valence-corrected chi connectivity index (χ1v) is 11.8. The number of hydrogen-bond donors (Lipinski definition) is 2. The van der Waals surface area contributed by atoms with Crippen LogP contribution in [0.4, 0.5) is 13.2 Å². The van der Waals surface area contributed by atoms with Crippen molar-refractivity contribution >= 4 is 40.1 Å². The molecular weight excluding hydrogens is 536 g/mol. The molecule has 0 bridgehead atoms. The van der Waals surface area contributed by atoms with E-state index in [9.17, 15) is 18.0 Å². The SMILES string of the molecule is CC(C)Oc1ccc(-c2nc(-n3cc(Cl)c4cc(CNC(C)C(=O)O)c(C(F)(F)F)cc43)no2)cc1Cl. The lowest BCUT2D eigenvalue weighted by Crippen LogP contribution is -2.33. The van der Waals surface area contributed by atoms with Crippen LogP contribution in [-0.4, -0.2) is 37.9 Å². The predicted octanol–water partition coefficient (Wildman–Crippen LogP) is 6.36. The van der Waals surface area contributed by atoms with Gasteiger partial charge in [0.15, 0.2) is 0 Å². The van der Waals surface area contributed by atoms with E-state index in [1.54, 1.807) is 18.2 Å². The van der Waals surface area contributed by atoms with Gasteiger partial charge in [0.1, 0.15) is 11.8 Å². The van der Waals surface area contributed by atoms with Crippen LogP contribution in [-0.2, 0) is 17.5 Å². The highest BCUT2D eigenvalue weighted by Gasteiger charge is 2.34. The van der Waals surface area contributed by atoms with E-state index in [2.05, 4.69) is 15.5 Å². The van der Waals surface area contributed by atoms with E-state index < -0.39 is 23.8 Å². The van der Waals surface area contributed by atoms with Crippen LogP contribution in [0.25, 0.3) is 28.3 Å². The fraction of sp³-hybridized carbons (Fsp3) is 0.292. The largest absolute Gasteiger partial charge is 0.489 e. The summed E-state index contributed by atoms with van der Waals surface area (Å²) in [5.41, 5.74) is -0.519. The van der Waals surface area contributed by atoms with E-state index in [1.165, 1.54) is 23.8 Å². The second-order valence-electron chi connectivity index (χ2n) is 8.52. The van der Waals surface area contributed by atoms with E-state index in [4.69, 9.17) is 37.6 Å². The predicted molar refractivity (Wildman–Crippen MR) is 131 cm³/mol. The third-order valence-corrected chi connectivity index (χ3v) is 6.02. The molecule has 0 spiro atoms. The van der Waals surface area contributed by atoms with Crippen molar-refractivity contribution in [3.63, 3.8) is 0 Å². The summed E-state index contributed by atoms with van der Waals surface area (Å²) in [7, 11) is 0. The van der Waals surface area contributed by atoms with E-state index >= 15 is 0 Å². The molecule has 37 heavy (non-hydrogen) atoms. The summed E-state index contributed by atoms with van der Waals surface area (Å²) < 4.78 is 54.0. The van der Waals surface area contributed by atoms with Crippen LogP contribution in [0.5, 0.6) is 5.75 Å². The molecule has 0 aliphatic heterocycles. The highest BCUT2D eigenvalue weighted by molar-refractivity contribution is 6.35. The molecule has 0 radical (unpaired) electrons. The Bertz CT molecular complexity index is 1470. The van der Waals surface area contributed by atoms with Crippen molar-refractivity contribution < 1.29 is 32.3 Å². The van der Waals surface area contributed by atoms with Crippen LogP contribution in [0.15, 0.2) is 41.1 Å². The van der Waals surface area contributed by atoms with E-state index in [-0.39, 0.29) is 40.6 Å². The lowest BCUT2D eigenvalue weighted by Gasteiger charge is -2.16. The first kappa shape index (κ1) is 26.8. The second kappa shape index (κ2) is 10.2. The zero-order valence-electron chi connectivity index (χ0n) is 19.7. The van der Waals surface area contributed by atoms with Gasteiger partial charge in [0, 0.05) is 23.7 Å². The van der Waals surface area contributed by atoms with Crippen molar-refractivity contribution in [2.24, 2.45) is 0 Å². The van der Waals surface area contributed by atoms with Crippen LogP contribution in [0.2, 0.25) is 10.0 Å². The highest BCUT2D eigenvalue weighted by Crippen LogP contribution is 2.38. The molecule has 2 N–H and O–H groups in total. The van der Waals surface area contributed by atoms with Gasteiger partial charge in [-0.05, 0) is 61.8 Å². The Morgan fingerprint density at radius 1 is 1.19 bits per heavy atom. The normalized spacial score (nSPS) is 12.9. The summed E-state index contributed by atoms with van der Waals surface area (Å²) in [5, 5.41) is 16.3. The Balaban J connectivity index is 1.73. The van der Waals surface area contributed by atoms with Crippen LogP contribution in [0.1, 0.15) is 31.9 Å². The van der Waals surface area contributed by atoms with E-state index in [0.29, 0.717) is 21.7 Å². The van der Waals surface area contributed by atoms with Gasteiger partial charge in [-0.15, -0.1) is 0 Å². The topological polar surface area (TPSA) is 102 Å². The van der Waals surface area contributed by atoms with Gasteiger partial charge >= 0.3 is 12.1 Å². The monoisotopic (exact) mass is 556 g/mol. The fourth-order valence-electron chi connectivity index (χ4n) is 3.62. The van der Waals surface area contributed by atoms with Crippen LogP contribution >= 0.6 is 23.2 Å². The third-order valence-electron chi connectivity index (χ3n) is 5.43. The lowest BCUT2D eigenvalue weighted by atomic mass is 10.0. The van der Waals surface area contributed by atoms with Gasteiger partial charge in [-0.1, -0.05) is 23.2 Å². The number of aliphatic carboxylic acids is 1. The van der Waals surface area contributed by atoms with Gasteiger partial charge in [0.2, 0.25) is 0 Å². The molecule has 0 saturated carbocycles. The molecule has 4 rings (SSSR count). The van der Waals surface area contributed by atoms with Crippen LogP contribution < -0.4 is 10.1 Å². The Morgan fingerprint density at radius 2 is 1.92 bits per heavy atom. The molecule has 1 unspecified atom stereocenters. The van der Waals surface area contributed by atoms with Crippen molar-refractivity contribution in [2.75, 3.05) is 0 Å². The molecule has 1 atom stereocenters. The first-order valence-electron chi connectivity index (χ1n) is 11.0. The number of carbonyl (C=O) groups is 1. The van der Waals surface area contributed by atoms with Gasteiger partial charge < -0.3 is 19.7 Å². The number of aromatic nitrogens is 3. The molecule has 196 valence electrons. The minimum Gasteiger partial charge on any atom is -0.489 e. The molecule has 2 aromatic heterocycles. The average molecular weight is 557 g/mol. The van der Waals surface area contributed by atoms with Crippen molar-refractivity contribution in [3.8, 4) is 23.2 Å². The zero-order chi connectivity index (χ0) is 27.1. The summed E-state index contributed by atoms with van der Waals surface area (Å²) in [6.07, 6.45) is -3.41. The molecule has 0 amide bonds. The number of nitrogens with zero attached hydrogens (tertiary/aromatic N) is 3. The van der Waals surface area contributed by atoms with Crippen molar-refractivity contribution in [1.82, 2.24) is 20.0 Å². The number of rotatable bonds is 8. The number of carboxylic acids is 1. The minimum absolute atomic E-state index is 0.0379. The van der Waals surface area contributed by atoms with Crippen LogP contribution in [0.3, 0.4) is 0 Å². The number of alkyl halides is 3. The quantitative estimate of drug-likeness (QED) is 0.260. The first-order chi connectivity index (χ1) is 17.3. The second-order valence-corrected chi connectivity index (χ2v) is 9.34. The van der Waals surface area contributed by atoms with Gasteiger partial charge in [0.25, 0.3) is 11.8 Å². The zero-order valence-corrected chi connectivity index (χ0v) is 21.2. The molecular formula is C24H21Cl2F3N4O4. The van der Waals surface area contributed by atoms with Gasteiger partial charge in [-0.25, -0.2) is 0 Å². The Labute approximate surface area is 218 Å². The molecule has 0 saturated heterocycles. The number of benzene rings is 2.